The van der Waals surface area contributed by atoms with Crippen molar-refractivity contribution in [3.63, 3.8) is 0 Å². The zero-order valence-electron chi connectivity index (χ0n) is 10.9. The van der Waals surface area contributed by atoms with Gasteiger partial charge in [-0.15, -0.1) is 0 Å². The van der Waals surface area contributed by atoms with Crippen molar-refractivity contribution >= 4 is 28.6 Å². The van der Waals surface area contributed by atoms with Crippen molar-refractivity contribution in [1.29, 1.82) is 0 Å². The molecule has 0 aromatic carbocycles. The summed E-state index contributed by atoms with van der Waals surface area (Å²) in [5.41, 5.74) is 0. The molecule has 0 heterocycles. The van der Waals surface area contributed by atoms with E-state index in [1.54, 1.807) is 33.1 Å². The van der Waals surface area contributed by atoms with Crippen LogP contribution in [0.15, 0.2) is 0 Å². The van der Waals surface area contributed by atoms with Gasteiger partial charge in [-0.1, -0.05) is 19.6 Å². The maximum Gasteiger partial charge on any atom is 0.513 e. The highest BCUT2D eigenvalue weighted by Crippen LogP contribution is 2.29. The number of rotatable bonds is 7. The molecular formula is C9H24O3SSi2. The Labute approximate surface area is 100 Å². The van der Waals surface area contributed by atoms with Crippen LogP contribution >= 0.6 is 11.8 Å². The van der Waals surface area contributed by atoms with Gasteiger partial charge < -0.3 is 13.3 Å². The predicted molar refractivity (Wildman–Crippen MR) is 72.2 cm³/mol. The van der Waals surface area contributed by atoms with Crippen molar-refractivity contribution in [3.8, 4) is 0 Å². The molecule has 15 heavy (non-hydrogen) atoms. The lowest BCUT2D eigenvalue weighted by Gasteiger charge is -2.34. The van der Waals surface area contributed by atoms with E-state index in [0.717, 1.165) is 6.04 Å². The van der Waals surface area contributed by atoms with E-state index in [-0.39, 0.29) is 0 Å². The van der Waals surface area contributed by atoms with Gasteiger partial charge in [0.2, 0.25) is 0 Å². The molecule has 6 heteroatoms. The zero-order chi connectivity index (χ0) is 12.1. The molecule has 0 saturated heterocycles. The van der Waals surface area contributed by atoms with Crippen LogP contribution in [-0.4, -0.2) is 49.3 Å². The second kappa shape index (κ2) is 6.41. The normalized spacial score (nSPS) is 15.4. The summed E-state index contributed by atoms with van der Waals surface area (Å²) in [5.74, 6) is 0. The molecule has 0 aromatic rings. The molecule has 0 aliphatic rings. The van der Waals surface area contributed by atoms with Crippen LogP contribution in [0.3, 0.4) is 0 Å². The van der Waals surface area contributed by atoms with Gasteiger partial charge in [-0.05, 0) is 12.3 Å². The van der Waals surface area contributed by atoms with E-state index in [1.165, 1.54) is 0 Å². The Hall–Kier alpha value is 0.664. The Bertz CT molecular complexity index is 172. The average Bonchev–Trinajstić information content (AvgIpc) is 2.17. The average molecular weight is 269 g/mol. The van der Waals surface area contributed by atoms with Crippen LogP contribution in [-0.2, 0) is 13.3 Å². The molecule has 1 atom stereocenters. The van der Waals surface area contributed by atoms with Crippen LogP contribution in [0.5, 0.6) is 0 Å². The van der Waals surface area contributed by atoms with Crippen LogP contribution in [0.25, 0.3) is 0 Å². The van der Waals surface area contributed by atoms with Gasteiger partial charge in [0, 0.05) is 29.4 Å². The summed E-state index contributed by atoms with van der Waals surface area (Å²) in [6.45, 7) is 7.07. The number of hydrogen-bond donors (Lipinski definition) is 0. The molecule has 0 rings (SSSR count). The highest BCUT2D eigenvalue weighted by molar-refractivity contribution is 8.00. The molecule has 0 aliphatic heterocycles. The third kappa shape index (κ3) is 4.58. The van der Waals surface area contributed by atoms with Gasteiger partial charge in [-0.3, -0.25) is 0 Å². The van der Waals surface area contributed by atoms with Crippen molar-refractivity contribution in [2.75, 3.05) is 27.6 Å². The van der Waals surface area contributed by atoms with Gasteiger partial charge >= 0.3 is 8.80 Å². The van der Waals surface area contributed by atoms with Gasteiger partial charge in [-0.2, -0.15) is 11.8 Å². The van der Waals surface area contributed by atoms with E-state index >= 15 is 0 Å². The fraction of sp³-hybridized carbons (Fsp3) is 1.00. The first kappa shape index (κ1) is 15.7. The maximum absolute atomic E-state index is 5.53. The largest absolute Gasteiger partial charge is 0.513 e. The second-order valence-electron chi connectivity index (χ2n) is 4.71. The third-order valence-corrected chi connectivity index (χ3v) is 9.68. The minimum Gasteiger partial charge on any atom is -0.376 e. The molecular weight excluding hydrogens is 244 g/mol. The summed E-state index contributed by atoms with van der Waals surface area (Å²) in [6.07, 6.45) is 2.10. The quantitative estimate of drug-likeness (QED) is 0.663. The first-order chi connectivity index (χ1) is 6.85. The second-order valence-corrected chi connectivity index (χ2v) is 14.8. The van der Waals surface area contributed by atoms with Crippen LogP contribution in [0.4, 0.5) is 0 Å². The lowest BCUT2D eigenvalue weighted by molar-refractivity contribution is 0.123. The molecule has 0 aliphatic carbocycles. The van der Waals surface area contributed by atoms with Crippen molar-refractivity contribution in [2.24, 2.45) is 0 Å². The molecule has 1 unspecified atom stereocenters. The summed E-state index contributed by atoms with van der Waals surface area (Å²) in [7, 11) is 1.48. The van der Waals surface area contributed by atoms with Gasteiger partial charge in [0.05, 0.1) is 4.87 Å². The molecule has 0 radical (unpaired) electrons. The standard InChI is InChI=1S/C9H24O3SSi2/c1-10-15(11-2,12-3)9(13-4)8-14(5,6)7/h9H,8H2,1-7H3. The molecule has 0 N–H and O–H groups in total. The van der Waals surface area contributed by atoms with Crippen LogP contribution in [0.2, 0.25) is 25.7 Å². The Morgan fingerprint density at radius 1 is 1.00 bits per heavy atom. The van der Waals surface area contributed by atoms with E-state index < -0.39 is 16.9 Å². The number of hydrogen-bond acceptors (Lipinski definition) is 4. The van der Waals surface area contributed by atoms with E-state index in [0.29, 0.717) is 4.87 Å². The van der Waals surface area contributed by atoms with Crippen molar-refractivity contribution in [3.05, 3.63) is 0 Å². The van der Waals surface area contributed by atoms with E-state index in [4.69, 9.17) is 13.3 Å². The molecule has 92 valence electrons. The van der Waals surface area contributed by atoms with E-state index in [1.807, 2.05) is 0 Å². The minimum absolute atomic E-state index is 0.351. The first-order valence-electron chi connectivity index (χ1n) is 5.03. The van der Waals surface area contributed by atoms with Crippen LogP contribution in [0.1, 0.15) is 0 Å². The Kier molecular flexibility index (Phi) is 6.70. The van der Waals surface area contributed by atoms with Gasteiger partial charge in [0.15, 0.2) is 0 Å². The summed E-state index contributed by atoms with van der Waals surface area (Å²) in [4.78, 5) is 0.351. The van der Waals surface area contributed by atoms with Crippen LogP contribution < -0.4 is 0 Å². The minimum atomic E-state index is -2.46. The third-order valence-electron chi connectivity index (χ3n) is 2.33. The molecule has 0 fully saturated rings. The van der Waals surface area contributed by atoms with Gasteiger partial charge in [0.25, 0.3) is 0 Å². The highest BCUT2D eigenvalue weighted by Gasteiger charge is 2.48. The molecule has 3 nitrogen and oxygen atoms in total. The summed E-state index contributed by atoms with van der Waals surface area (Å²) >= 11 is 1.80. The zero-order valence-corrected chi connectivity index (χ0v) is 13.7. The van der Waals surface area contributed by atoms with E-state index in [9.17, 15) is 0 Å². The summed E-state index contributed by atoms with van der Waals surface area (Å²) in [5, 5.41) is 0. The predicted octanol–water partition coefficient (Wildman–Crippen LogP) is 2.47. The summed E-state index contributed by atoms with van der Waals surface area (Å²) in [6, 6.07) is 1.16. The highest BCUT2D eigenvalue weighted by atomic mass is 32.2. The smallest absolute Gasteiger partial charge is 0.376 e. The Morgan fingerprint density at radius 3 is 1.60 bits per heavy atom. The van der Waals surface area contributed by atoms with Gasteiger partial charge in [-0.25, -0.2) is 0 Å². The van der Waals surface area contributed by atoms with Crippen molar-refractivity contribution in [1.82, 2.24) is 0 Å². The SMILES string of the molecule is CO[Si](OC)(OC)C(C[Si](C)(C)C)SC. The Balaban J connectivity index is 4.74. The van der Waals surface area contributed by atoms with Crippen molar-refractivity contribution in [2.45, 2.75) is 30.6 Å². The fourth-order valence-electron chi connectivity index (χ4n) is 1.55. The summed E-state index contributed by atoms with van der Waals surface area (Å²) < 4.78 is 16.6. The number of thioether (sulfide) groups is 1. The van der Waals surface area contributed by atoms with Crippen LogP contribution in [0, 0.1) is 0 Å². The molecule has 0 bridgehead atoms. The first-order valence-corrected chi connectivity index (χ1v) is 11.8. The van der Waals surface area contributed by atoms with E-state index in [2.05, 4.69) is 25.9 Å². The topological polar surface area (TPSA) is 27.7 Å². The molecule has 0 aromatic heterocycles. The lowest BCUT2D eigenvalue weighted by Crippen LogP contribution is -2.54. The molecule has 0 spiro atoms. The van der Waals surface area contributed by atoms with Crippen molar-refractivity contribution < 1.29 is 13.3 Å². The fourth-order valence-corrected chi connectivity index (χ4v) is 11.0. The monoisotopic (exact) mass is 268 g/mol. The maximum atomic E-state index is 5.53. The Morgan fingerprint density at radius 2 is 1.40 bits per heavy atom. The lowest BCUT2D eigenvalue weighted by atomic mass is 10.9. The molecule has 0 amide bonds. The van der Waals surface area contributed by atoms with Gasteiger partial charge in [0.1, 0.15) is 0 Å². The molecule has 0 saturated carbocycles.